The largest absolute Gasteiger partial charge is 0.507 e. The molecule has 3 N–H and O–H groups in total. The zero-order chi connectivity index (χ0) is 33.2. The fourth-order valence-electron chi connectivity index (χ4n) is 5.69. The Balaban J connectivity index is 1.84. The number of hydrogen-bond donors (Lipinski definition) is 3. The summed E-state index contributed by atoms with van der Waals surface area (Å²) in [5.41, 5.74) is 4.30. The normalized spacial score (nSPS) is 11.6. The lowest BCUT2D eigenvalue weighted by atomic mass is 10.00. The van der Waals surface area contributed by atoms with E-state index in [1.54, 1.807) is 11.0 Å². The second-order valence-electron chi connectivity index (χ2n) is 11.6. The van der Waals surface area contributed by atoms with Crippen LogP contribution in [0.25, 0.3) is 10.8 Å². The molecule has 0 spiro atoms. The molecule has 0 heterocycles. The maximum absolute atomic E-state index is 14.2. The third-order valence-electron chi connectivity index (χ3n) is 8.15. The first-order chi connectivity index (χ1) is 22.2. The van der Waals surface area contributed by atoms with E-state index in [1.165, 1.54) is 6.07 Å². The third-order valence-corrected chi connectivity index (χ3v) is 8.15. The summed E-state index contributed by atoms with van der Waals surface area (Å²) in [5.74, 6) is 0.191. The van der Waals surface area contributed by atoms with Crippen LogP contribution in [0.3, 0.4) is 0 Å². The highest BCUT2D eigenvalue weighted by atomic mass is 16.5. The minimum absolute atomic E-state index is 0.0462. The number of rotatable bonds is 14. The van der Waals surface area contributed by atoms with Gasteiger partial charge in [0.2, 0.25) is 0 Å². The van der Waals surface area contributed by atoms with E-state index in [1.807, 2.05) is 81.4 Å². The highest BCUT2D eigenvalue weighted by molar-refractivity contribution is 6.17. The van der Waals surface area contributed by atoms with Gasteiger partial charge in [0, 0.05) is 42.5 Å². The molecule has 1 unspecified atom stereocenters. The first-order valence-corrected chi connectivity index (χ1v) is 16.4. The minimum atomic E-state index is -0.624. The average molecular weight is 625 g/mol. The number of carbonyl (C=O) groups is 2. The summed E-state index contributed by atoms with van der Waals surface area (Å²) in [6, 6.07) is 22.1. The summed E-state index contributed by atoms with van der Waals surface area (Å²) >= 11 is 0. The Labute approximate surface area is 273 Å². The zero-order valence-electron chi connectivity index (χ0n) is 28.0. The predicted octanol–water partition coefficient (Wildman–Crippen LogP) is 8.59. The fourth-order valence-corrected chi connectivity index (χ4v) is 5.69. The molecule has 1 atom stereocenters. The number of nitrogens with one attached hydrogen (secondary N) is 2. The topological polar surface area (TPSA) is 94.1 Å². The van der Waals surface area contributed by atoms with Gasteiger partial charge in [-0.1, -0.05) is 68.7 Å². The molecule has 4 rings (SSSR count). The molecule has 0 fully saturated rings. The van der Waals surface area contributed by atoms with Crippen LogP contribution in [-0.2, 0) is 0 Å². The molecule has 8 nitrogen and oxygen atoms in total. The highest BCUT2D eigenvalue weighted by Crippen LogP contribution is 2.40. The highest BCUT2D eigenvalue weighted by Gasteiger charge is 2.29. The van der Waals surface area contributed by atoms with Crippen LogP contribution in [0.15, 0.2) is 72.8 Å². The van der Waals surface area contributed by atoms with E-state index in [2.05, 4.69) is 36.3 Å². The quantitative estimate of drug-likeness (QED) is 0.0965. The van der Waals surface area contributed by atoms with Crippen molar-refractivity contribution in [1.29, 1.82) is 0 Å². The van der Waals surface area contributed by atoms with Crippen LogP contribution >= 0.6 is 0 Å². The van der Waals surface area contributed by atoms with Crippen LogP contribution in [0.2, 0.25) is 0 Å². The fraction of sp³-hybridized carbons (Fsp3) is 0.368. The van der Waals surface area contributed by atoms with Gasteiger partial charge in [0.05, 0.1) is 16.9 Å². The van der Waals surface area contributed by atoms with E-state index < -0.39 is 12.1 Å². The number of fused-ring (bicyclic) bond motifs is 1. The number of benzene rings is 4. The van der Waals surface area contributed by atoms with Crippen molar-refractivity contribution < 1.29 is 19.4 Å². The number of phenolic OH excluding ortho intramolecular Hbond substituents is 1. The van der Waals surface area contributed by atoms with Crippen LogP contribution in [0.5, 0.6) is 11.5 Å². The summed E-state index contributed by atoms with van der Waals surface area (Å²) in [7, 11) is 0. The van der Waals surface area contributed by atoms with Crippen LogP contribution < -0.4 is 25.2 Å². The number of amides is 3. The van der Waals surface area contributed by atoms with Gasteiger partial charge in [-0.2, -0.15) is 0 Å². The van der Waals surface area contributed by atoms with Crippen molar-refractivity contribution in [3.8, 4) is 11.5 Å². The van der Waals surface area contributed by atoms with E-state index >= 15 is 0 Å². The second kappa shape index (κ2) is 16.0. The predicted molar refractivity (Wildman–Crippen MR) is 189 cm³/mol. The molecule has 0 saturated heterocycles. The molecular formula is C38H48N4O4. The first kappa shape index (κ1) is 34.2. The van der Waals surface area contributed by atoms with Crippen LogP contribution in [0.1, 0.15) is 74.9 Å². The van der Waals surface area contributed by atoms with Gasteiger partial charge in [0.25, 0.3) is 5.91 Å². The first-order valence-electron chi connectivity index (χ1n) is 16.4. The van der Waals surface area contributed by atoms with E-state index in [9.17, 15) is 14.7 Å². The second-order valence-corrected chi connectivity index (χ2v) is 11.6. The number of hydrogen-bond acceptors (Lipinski definition) is 5. The molecule has 0 bridgehead atoms. The summed E-state index contributed by atoms with van der Waals surface area (Å²) in [4.78, 5) is 32.1. The van der Waals surface area contributed by atoms with Crippen LogP contribution in [0.4, 0.5) is 21.9 Å². The van der Waals surface area contributed by atoms with E-state index in [0.717, 1.165) is 49.2 Å². The van der Waals surface area contributed by atoms with Crippen LogP contribution in [-0.4, -0.2) is 42.9 Å². The molecule has 0 aromatic heterocycles. The van der Waals surface area contributed by atoms with Crippen molar-refractivity contribution in [3.05, 3.63) is 89.5 Å². The molecule has 0 aliphatic carbocycles. The Morgan fingerprint density at radius 2 is 1.52 bits per heavy atom. The van der Waals surface area contributed by atoms with Gasteiger partial charge in [-0.05, 0) is 76.1 Å². The SMILES string of the molecule is CCCCNC(=O)N(c1ccc(N(CC)CC)cc1)c1c(C(=O)NC(CCC)Oc2ccc(C)cc2C)cc(O)c2ccccc12. The number of urea groups is 1. The Morgan fingerprint density at radius 3 is 2.15 bits per heavy atom. The summed E-state index contributed by atoms with van der Waals surface area (Å²) in [6.07, 6.45) is 2.46. The molecule has 244 valence electrons. The maximum Gasteiger partial charge on any atom is 0.326 e. The number of nitrogens with zero attached hydrogens (tertiary/aromatic N) is 2. The van der Waals surface area contributed by atoms with E-state index in [0.29, 0.717) is 40.9 Å². The third kappa shape index (κ3) is 7.91. The van der Waals surface area contributed by atoms with E-state index in [4.69, 9.17) is 4.74 Å². The van der Waals surface area contributed by atoms with Crippen molar-refractivity contribution >= 4 is 39.8 Å². The smallest absolute Gasteiger partial charge is 0.326 e. The van der Waals surface area contributed by atoms with Gasteiger partial charge >= 0.3 is 6.03 Å². The molecular weight excluding hydrogens is 576 g/mol. The maximum atomic E-state index is 14.2. The van der Waals surface area contributed by atoms with E-state index in [-0.39, 0.29) is 17.3 Å². The minimum Gasteiger partial charge on any atom is -0.507 e. The van der Waals surface area contributed by atoms with Gasteiger partial charge in [0.15, 0.2) is 6.23 Å². The summed E-state index contributed by atoms with van der Waals surface area (Å²) < 4.78 is 6.31. The molecule has 4 aromatic carbocycles. The van der Waals surface area contributed by atoms with Gasteiger partial charge in [0.1, 0.15) is 11.5 Å². The van der Waals surface area contributed by atoms with Crippen molar-refractivity contribution in [2.75, 3.05) is 29.4 Å². The lowest BCUT2D eigenvalue weighted by Gasteiger charge is -2.29. The number of unbranched alkanes of at least 4 members (excludes halogenated alkanes) is 1. The van der Waals surface area contributed by atoms with Gasteiger partial charge in [-0.25, -0.2) is 4.79 Å². The Morgan fingerprint density at radius 1 is 0.848 bits per heavy atom. The number of anilines is 3. The Hall–Kier alpha value is -4.72. The molecule has 0 saturated carbocycles. The number of aromatic hydroxyl groups is 1. The molecule has 3 amide bonds. The molecule has 0 aliphatic rings. The molecule has 0 radical (unpaired) electrons. The van der Waals surface area contributed by atoms with Gasteiger partial charge in [-0.3, -0.25) is 9.69 Å². The summed E-state index contributed by atoms with van der Waals surface area (Å²) in [5, 5.41) is 18.4. The van der Waals surface area contributed by atoms with Crippen molar-refractivity contribution in [2.45, 2.75) is 73.5 Å². The van der Waals surface area contributed by atoms with Crippen LogP contribution in [0, 0.1) is 13.8 Å². The summed E-state index contributed by atoms with van der Waals surface area (Å²) in [6.45, 7) is 14.5. The molecule has 8 heteroatoms. The number of carbonyl (C=O) groups excluding carboxylic acids is 2. The monoisotopic (exact) mass is 624 g/mol. The Bertz CT molecular complexity index is 1630. The number of phenols is 1. The molecule has 46 heavy (non-hydrogen) atoms. The van der Waals surface area contributed by atoms with Gasteiger partial charge in [-0.15, -0.1) is 0 Å². The molecule has 0 aliphatic heterocycles. The standard InChI is InChI=1S/C38H48N4O4/c1-7-11-23-39-38(45)42(29-20-18-28(19-21-29)41(9-3)10-4)36-31-16-13-12-15-30(31)33(43)25-32(36)37(44)40-35(14-8-2)46-34-22-17-26(5)24-27(34)6/h12-13,15-22,24-25,35,43H,7-11,14,23H2,1-6H3,(H,39,45)(H,40,44). The lowest BCUT2D eigenvalue weighted by Crippen LogP contribution is -2.41. The van der Waals surface area contributed by atoms with Gasteiger partial charge < -0.3 is 25.4 Å². The lowest BCUT2D eigenvalue weighted by molar-refractivity contribution is 0.0813. The average Bonchev–Trinajstić information content (AvgIpc) is 3.05. The van der Waals surface area contributed by atoms with Crippen molar-refractivity contribution in [2.24, 2.45) is 0 Å². The molecule has 4 aromatic rings. The van der Waals surface area contributed by atoms with Crippen molar-refractivity contribution in [1.82, 2.24) is 10.6 Å². The number of aryl methyl sites for hydroxylation is 2. The van der Waals surface area contributed by atoms with Crippen molar-refractivity contribution in [3.63, 3.8) is 0 Å². The Kier molecular flexibility index (Phi) is 11.9. The zero-order valence-corrected chi connectivity index (χ0v) is 28.0. The number of ether oxygens (including phenoxy) is 1.